The van der Waals surface area contributed by atoms with Gasteiger partial charge in [0.25, 0.3) is 0 Å². The van der Waals surface area contributed by atoms with Crippen molar-refractivity contribution in [2.75, 3.05) is 5.32 Å². The minimum Gasteiger partial charge on any atom is -0.302 e. The Bertz CT molecular complexity index is 1100. The lowest BCUT2D eigenvalue weighted by Gasteiger charge is -2.01. The molecule has 2 aromatic heterocycles. The van der Waals surface area contributed by atoms with Crippen LogP contribution in [-0.2, 0) is 11.2 Å². The Balaban J connectivity index is 1.44. The first-order chi connectivity index (χ1) is 13.6. The van der Waals surface area contributed by atoms with Crippen LogP contribution in [-0.4, -0.2) is 20.7 Å². The molecule has 0 spiro atoms. The van der Waals surface area contributed by atoms with E-state index in [9.17, 15) is 9.18 Å². The van der Waals surface area contributed by atoms with Crippen LogP contribution in [0.3, 0.4) is 0 Å². The number of benzene rings is 2. The lowest BCUT2D eigenvalue weighted by Crippen LogP contribution is -2.13. The normalized spacial score (nSPS) is 10.8. The topological polar surface area (TPSA) is 59.8 Å². The summed E-state index contributed by atoms with van der Waals surface area (Å²) in [6, 6.07) is 15.9. The highest BCUT2D eigenvalue weighted by atomic mass is 32.1. The highest BCUT2D eigenvalue weighted by molar-refractivity contribution is 7.16. The molecule has 28 heavy (non-hydrogen) atoms. The van der Waals surface area contributed by atoms with E-state index in [1.165, 1.54) is 23.5 Å². The molecule has 7 heteroatoms. The SMILES string of the molecule is Cc1sc(NC(=O)Cc2cnn(-c3ccccc3)c2)nc1-c1ccc(F)cc1. The van der Waals surface area contributed by atoms with Crippen LogP contribution in [0.5, 0.6) is 0 Å². The van der Waals surface area contributed by atoms with Gasteiger partial charge in [0.15, 0.2) is 5.13 Å². The van der Waals surface area contributed by atoms with Gasteiger partial charge in [-0.1, -0.05) is 18.2 Å². The molecule has 1 amide bonds. The highest BCUT2D eigenvalue weighted by Gasteiger charge is 2.13. The summed E-state index contributed by atoms with van der Waals surface area (Å²) in [5, 5.41) is 7.67. The van der Waals surface area contributed by atoms with E-state index < -0.39 is 0 Å². The minimum atomic E-state index is -0.291. The van der Waals surface area contributed by atoms with Gasteiger partial charge in [-0.2, -0.15) is 5.10 Å². The fourth-order valence-corrected chi connectivity index (χ4v) is 3.70. The summed E-state index contributed by atoms with van der Waals surface area (Å²) in [7, 11) is 0. The fraction of sp³-hybridized carbons (Fsp3) is 0.0952. The summed E-state index contributed by atoms with van der Waals surface area (Å²) in [5.41, 5.74) is 3.32. The van der Waals surface area contributed by atoms with Gasteiger partial charge in [-0.3, -0.25) is 4.79 Å². The molecule has 0 unspecified atom stereocenters. The Morgan fingerprint density at radius 1 is 1.14 bits per heavy atom. The number of hydrogen-bond acceptors (Lipinski definition) is 4. The molecule has 140 valence electrons. The fourth-order valence-electron chi connectivity index (χ4n) is 2.85. The lowest BCUT2D eigenvalue weighted by atomic mass is 10.1. The zero-order chi connectivity index (χ0) is 19.5. The lowest BCUT2D eigenvalue weighted by molar-refractivity contribution is -0.115. The van der Waals surface area contributed by atoms with E-state index in [0.717, 1.165) is 27.4 Å². The number of thiazole rings is 1. The van der Waals surface area contributed by atoms with Crippen molar-refractivity contribution in [3.8, 4) is 16.9 Å². The van der Waals surface area contributed by atoms with Crippen LogP contribution in [0, 0.1) is 12.7 Å². The van der Waals surface area contributed by atoms with Gasteiger partial charge in [0.2, 0.25) is 5.91 Å². The van der Waals surface area contributed by atoms with E-state index in [1.54, 1.807) is 23.0 Å². The molecule has 0 aliphatic carbocycles. The second-order valence-corrected chi connectivity index (χ2v) is 7.49. The predicted octanol–water partition coefficient (Wildman–Crippen LogP) is 4.62. The maximum atomic E-state index is 13.1. The predicted molar refractivity (Wildman–Crippen MR) is 108 cm³/mol. The number of carbonyl (C=O) groups excluding carboxylic acids is 1. The number of para-hydroxylation sites is 1. The van der Waals surface area contributed by atoms with Crippen LogP contribution in [0.25, 0.3) is 16.9 Å². The Morgan fingerprint density at radius 2 is 1.89 bits per heavy atom. The summed E-state index contributed by atoms with van der Waals surface area (Å²) in [4.78, 5) is 17.8. The number of nitrogens with one attached hydrogen (secondary N) is 1. The molecule has 5 nitrogen and oxygen atoms in total. The van der Waals surface area contributed by atoms with Crippen LogP contribution < -0.4 is 5.32 Å². The molecule has 0 aliphatic rings. The minimum absolute atomic E-state index is 0.160. The van der Waals surface area contributed by atoms with Gasteiger partial charge in [0, 0.05) is 16.6 Å². The van der Waals surface area contributed by atoms with E-state index in [-0.39, 0.29) is 18.1 Å². The van der Waals surface area contributed by atoms with E-state index in [1.807, 2.05) is 43.5 Å². The number of carbonyl (C=O) groups is 1. The van der Waals surface area contributed by atoms with Crippen molar-refractivity contribution in [3.63, 3.8) is 0 Å². The van der Waals surface area contributed by atoms with Crippen LogP contribution >= 0.6 is 11.3 Å². The third kappa shape index (κ3) is 3.99. The second kappa shape index (κ2) is 7.74. The van der Waals surface area contributed by atoms with Crippen molar-refractivity contribution in [2.24, 2.45) is 0 Å². The number of halogens is 1. The zero-order valence-electron chi connectivity index (χ0n) is 15.1. The maximum Gasteiger partial charge on any atom is 0.230 e. The molecule has 0 fully saturated rings. The molecule has 0 atom stereocenters. The molecule has 0 radical (unpaired) electrons. The van der Waals surface area contributed by atoms with Crippen molar-refractivity contribution in [2.45, 2.75) is 13.3 Å². The molecule has 4 rings (SSSR count). The molecular formula is C21H17FN4OS. The summed E-state index contributed by atoms with van der Waals surface area (Å²) in [6.07, 6.45) is 3.73. The Hall–Kier alpha value is -3.32. The average Bonchev–Trinajstić information content (AvgIpc) is 3.30. The van der Waals surface area contributed by atoms with Gasteiger partial charge in [0.1, 0.15) is 5.82 Å². The molecule has 2 aromatic carbocycles. The van der Waals surface area contributed by atoms with Gasteiger partial charge in [0.05, 0.1) is 24.0 Å². The molecule has 2 heterocycles. The van der Waals surface area contributed by atoms with Crippen LogP contribution in [0.15, 0.2) is 67.0 Å². The van der Waals surface area contributed by atoms with E-state index in [4.69, 9.17) is 0 Å². The Morgan fingerprint density at radius 3 is 2.64 bits per heavy atom. The standard InChI is InChI=1S/C21H17FN4OS/c1-14-20(16-7-9-17(22)10-8-16)25-21(28-14)24-19(27)11-15-12-23-26(13-15)18-5-3-2-4-6-18/h2-10,12-13H,11H2,1H3,(H,24,25,27). The van der Waals surface area contributed by atoms with Crippen molar-refractivity contribution in [1.29, 1.82) is 0 Å². The van der Waals surface area contributed by atoms with Gasteiger partial charge in [-0.25, -0.2) is 14.1 Å². The number of anilines is 1. The van der Waals surface area contributed by atoms with E-state index in [0.29, 0.717) is 5.13 Å². The first-order valence-electron chi connectivity index (χ1n) is 8.71. The quantitative estimate of drug-likeness (QED) is 0.539. The first kappa shape index (κ1) is 18.1. The summed E-state index contributed by atoms with van der Waals surface area (Å²) < 4.78 is 14.9. The van der Waals surface area contributed by atoms with Crippen LogP contribution in [0.1, 0.15) is 10.4 Å². The smallest absolute Gasteiger partial charge is 0.230 e. The van der Waals surface area contributed by atoms with Crippen molar-refractivity contribution < 1.29 is 9.18 Å². The van der Waals surface area contributed by atoms with Gasteiger partial charge < -0.3 is 5.32 Å². The summed E-state index contributed by atoms with van der Waals surface area (Å²) in [5.74, 6) is -0.451. The number of rotatable bonds is 5. The molecular weight excluding hydrogens is 375 g/mol. The third-order valence-corrected chi connectivity index (χ3v) is 5.07. The highest BCUT2D eigenvalue weighted by Crippen LogP contribution is 2.30. The van der Waals surface area contributed by atoms with Gasteiger partial charge in [-0.15, -0.1) is 11.3 Å². The zero-order valence-corrected chi connectivity index (χ0v) is 15.9. The molecule has 0 saturated carbocycles. The van der Waals surface area contributed by atoms with Crippen molar-refractivity contribution >= 4 is 22.4 Å². The molecule has 0 aliphatic heterocycles. The van der Waals surface area contributed by atoms with Crippen LogP contribution in [0.2, 0.25) is 0 Å². The number of nitrogens with zero attached hydrogens (tertiary/aromatic N) is 3. The number of aryl methyl sites for hydroxylation is 1. The van der Waals surface area contributed by atoms with E-state index >= 15 is 0 Å². The number of hydrogen-bond donors (Lipinski definition) is 1. The second-order valence-electron chi connectivity index (χ2n) is 6.28. The summed E-state index contributed by atoms with van der Waals surface area (Å²) >= 11 is 1.40. The van der Waals surface area contributed by atoms with Crippen molar-refractivity contribution in [1.82, 2.24) is 14.8 Å². The average molecular weight is 392 g/mol. The number of amides is 1. The van der Waals surface area contributed by atoms with Crippen LogP contribution in [0.4, 0.5) is 9.52 Å². The molecule has 0 saturated heterocycles. The van der Waals surface area contributed by atoms with Gasteiger partial charge in [-0.05, 0) is 48.9 Å². The summed E-state index contributed by atoms with van der Waals surface area (Å²) in [6.45, 7) is 1.93. The van der Waals surface area contributed by atoms with E-state index in [2.05, 4.69) is 15.4 Å². The number of aromatic nitrogens is 3. The van der Waals surface area contributed by atoms with Crippen molar-refractivity contribution in [3.05, 3.63) is 83.2 Å². The molecule has 1 N–H and O–H groups in total. The first-order valence-corrected chi connectivity index (χ1v) is 9.52. The largest absolute Gasteiger partial charge is 0.302 e. The molecule has 0 bridgehead atoms. The Labute approximate surface area is 165 Å². The van der Waals surface area contributed by atoms with Gasteiger partial charge >= 0.3 is 0 Å². The molecule has 4 aromatic rings. The Kier molecular flexibility index (Phi) is 4.99. The maximum absolute atomic E-state index is 13.1. The monoisotopic (exact) mass is 392 g/mol. The third-order valence-electron chi connectivity index (χ3n) is 4.18.